The van der Waals surface area contributed by atoms with Gasteiger partial charge in [-0.25, -0.2) is 18.6 Å². The number of para-hydroxylation sites is 2. The van der Waals surface area contributed by atoms with Crippen LogP contribution in [0.5, 0.6) is 0 Å². The predicted octanol–water partition coefficient (Wildman–Crippen LogP) is 8.06. The number of benzene rings is 2. The van der Waals surface area contributed by atoms with Gasteiger partial charge in [0.05, 0.1) is 23.3 Å². The highest BCUT2D eigenvalue weighted by Crippen LogP contribution is 2.44. The van der Waals surface area contributed by atoms with Crippen molar-refractivity contribution in [2.75, 3.05) is 4.90 Å². The Morgan fingerprint density at radius 3 is 2.45 bits per heavy atom. The maximum absolute atomic E-state index is 14.2. The molecule has 2 aliphatic carbocycles. The van der Waals surface area contributed by atoms with Crippen LogP contribution in [0.2, 0.25) is 0 Å². The van der Waals surface area contributed by atoms with Gasteiger partial charge < -0.3 is 14.6 Å². The van der Waals surface area contributed by atoms with E-state index in [0.717, 1.165) is 35.2 Å². The summed E-state index contributed by atoms with van der Waals surface area (Å²) in [5.41, 5.74) is 3.84. The number of hydrogen-bond acceptors (Lipinski definition) is 5. The lowest BCUT2D eigenvalue weighted by molar-refractivity contribution is -0.124. The monoisotopic (exact) mass is 617 g/mol. The van der Waals surface area contributed by atoms with Crippen LogP contribution >= 0.6 is 11.3 Å². The summed E-state index contributed by atoms with van der Waals surface area (Å²) in [5.74, 6) is -3.23. The van der Waals surface area contributed by atoms with Gasteiger partial charge in [-0.05, 0) is 80.3 Å². The fourth-order valence-corrected chi connectivity index (χ4v) is 8.12. The van der Waals surface area contributed by atoms with Crippen LogP contribution in [0.4, 0.5) is 14.5 Å². The summed E-state index contributed by atoms with van der Waals surface area (Å²) < 4.78 is 30.2. The van der Waals surface area contributed by atoms with E-state index in [1.807, 2.05) is 41.0 Å². The molecule has 228 valence electrons. The Balaban J connectivity index is 1.29. The number of carboxylic acid groups (broad SMARTS) is 1. The molecule has 2 aromatic carbocycles. The van der Waals surface area contributed by atoms with Gasteiger partial charge in [0.25, 0.3) is 0 Å². The maximum atomic E-state index is 14.2. The molecule has 4 aromatic rings. The third-order valence-corrected chi connectivity index (χ3v) is 10.8. The Hall–Kier alpha value is -3.92. The summed E-state index contributed by atoms with van der Waals surface area (Å²) in [6, 6.07) is 14.3. The van der Waals surface area contributed by atoms with Gasteiger partial charge >= 0.3 is 5.97 Å². The van der Waals surface area contributed by atoms with Crippen LogP contribution in [-0.4, -0.2) is 44.3 Å². The number of hydrogen-bond donors (Lipinski definition) is 1. The third-order valence-electron chi connectivity index (χ3n) is 9.62. The van der Waals surface area contributed by atoms with Gasteiger partial charge in [-0.2, -0.15) is 0 Å². The molecule has 0 unspecified atom stereocenters. The molecule has 0 spiro atoms. The van der Waals surface area contributed by atoms with Gasteiger partial charge in [-0.15, -0.1) is 11.3 Å². The average Bonchev–Trinajstić information content (AvgIpc) is 3.61. The molecule has 2 fully saturated rings. The molecule has 0 radical (unpaired) electrons. The Labute approximate surface area is 257 Å². The first-order valence-electron chi connectivity index (χ1n) is 15.3. The molecule has 3 aliphatic rings. The molecule has 0 bridgehead atoms. The number of fused-ring (bicyclic) bond motifs is 5. The van der Waals surface area contributed by atoms with E-state index < -0.39 is 17.9 Å². The normalized spacial score (nSPS) is 21.6. The largest absolute Gasteiger partial charge is 0.477 e. The minimum absolute atomic E-state index is 0.000649. The first-order valence-corrected chi connectivity index (χ1v) is 16.1. The lowest BCUT2D eigenvalue weighted by atomic mass is 9.81. The number of carbonyl (C=O) groups is 3. The van der Waals surface area contributed by atoms with Crippen molar-refractivity contribution in [3.63, 3.8) is 0 Å². The second kappa shape index (κ2) is 10.9. The molecule has 7 nitrogen and oxygen atoms in total. The maximum Gasteiger partial charge on any atom is 0.348 e. The molecule has 10 heteroatoms. The number of ketones is 1. The van der Waals surface area contributed by atoms with Gasteiger partial charge in [0.2, 0.25) is 11.8 Å². The Morgan fingerprint density at radius 2 is 1.73 bits per heavy atom. The smallest absolute Gasteiger partial charge is 0.348 e. The molecular weight excluding hydrogens is 584 g/mol. The van der Waals surface area contributed by atoms with Gasteiger partial charge in [0.1, 0.15) is 10.7 Å². The standard InChI is InChI=1S/C34H33F2N3O4S/c1-19-6-8-20(9-7-19)32(41)39(22-12-14-34(35,36)15-13-22)27-17-29(44-30(27)33(42)43)21-10-11-23-24(16-21)28(40)18-38-26-5-3-2-4-25(26)37-31(23)38/h2-5,10-11,16-17,19-20,22H,6-9,12-15,18H2,1H3,(H,42,43). The SMILES string of the molecule is CC1CCC(C(=O)N(c2cc(-c3ccc4c(c3)C(=O)Cn3c-4nc4ccccc43)sc2C(=O)O)C2CCC(F)(F)CC2)CC1. The number of carboxylic acids is 1. The van der Waals surface area contributed by atoms with E-state index in [1.165, 1.54) is 0 Å². The van der Waals surface area contributed by atoms with Crippen molar-refractivity contribution in [3.05, 3.63) is 59.0 Å². The summed E-state index contributed by atoms with van der Waals surface area (Å²) in [5, 5.41) is 10.3. The third kappa shape index (κ3) is 5.02. The highest BCUT2D eigenvalue weighted by atomic mass is 32.1. The summed E-state index contributed by atoms with van der Waals surface area (Å²) in [6.45, 7) is 2.31. The van der Waals surface area contributed by atoms with E-state index in [4.69, 9.17) is 4.98 Å². The molecular formula is C34H33F2N3O4S. The minimum atomic E-state index is -2.78. The number of nitrogens with zero attached hydrogens (tertiary/aromatic N) is 3. The number of Topliss-reactive ketones (excluding diaryl/α,β-unsaturated/α-hetero) is 1. The van der Waals surface area contributed by atoms with E-state index in [1.54, 1.807) is 17.0 Å². The van der Waals surface area contributed by atoms with E-state index in [9.17, 15) is 28.3 Å². The highest BCUT2D eigenvalue weighted by molar-refractivity contribution is 7.18. The Kier molecular flexibility index (Phi) is 7.15. The van der Waals surface area contributed by atoms with Crippen LogP contribution in [0.15, 0.2) is 48.5 Å². The van der Waals surface area contributed by atoms with Crippen LogP contribution in [0.1, 0.15) is 78.3 Å². The van der Waals surface area contributed by atoms with Crippen molar-refractivity contribution in [1.82, 2.24) is 9.55 Å². The fraction of sp³-hybridized carbons (Fsp3) is 0.412. The van der Waals surface area contributed by atoms with Gasteiger partial charge in [-0.1, -0.05) is 25.1 Å². The first-order chi connectivity index (χ1) is 21.1. The highest BCUT2D eigenvalue weighted by Gasteiger charge is 2.42. The van der Waals surface area contributed by atoms with Crippen LogP contribution in [-0.2, 0) is 11.3 Å². The van der Waals surface area contributed by atoms with Crippen molar-refractivity contribution in [2.45, 2.75) is 76.8 Å². The number of carbonyl (C=O) groups excluding carboxylic acids is 2. The predicted molar refractivity (Wildman–Crippen MR) is 166 cm³/mol. The van der Waals surface area contributed by atoms with E-state index in [-0.39, 0.29) is 60.4 Å². The number of halogens is 2. The Morgan fingerprint density at radius 1 is 1.00 bits per heavy atom. The van der Waals surface area contributed by atoms with Crippen molar-refractivity contribution in [3.8, 4) is 21.8 Å². The number of aromatic nitrogens is 2. The topological polar surface area (TPSA) is 92.5 Å². The van der Waals surface area contributed by atoms with E-state index in [0.29, 0.717) is 46.2 Å². The quantitative estimate of drug-likeness (QED) is 0.245. The lowest BCUT2D eigenvalue weighted by Crippen LogP contribution is -2.47. The molecule has 7 rings (SSSR count). The van der Waals surface area contributed by atoms with Crippen LogP contribution < -0.4 is 4.90 Å². The number of amides is 1. The molecule has 1 aliphatic heterocycles. The van der Waals surface area contributed by atoms with Crippen molar-refractivity contribution < 1.29 is 28.3 Å². The van der Waals surface area contributed by atoms with Gasteiger partial charge in [0.15, 0.2) is 5.78 Å². The van der Waals surface area contributed by atoms with Crippen molar-refractivity contribution in [2.24, 2.45) is 11.8 Å². The van der Waals surface area contributed by atoms with Crippen LogP contribution in [0.3, 0.4) is 0 Å². The molecule has 2 saturated carbocycles. The summed E-state index contributed by atoms with van der Waals surface area (Å²) >= 11 is 1.04. The zero-order valence-electron chi connectivity index (χ0n) is 24.4. The molecule has 1 N–H and O–H groups in total. The molecule has 2 aromatic heterocycles. The zero-order chi connectivity index (χ0) is 30.7. The van der Waals surface area contributed by atoms with Crippen molar-refractivity contribution >= 4 is 45.7 Å². The van der Waals surface area contributed by atoms with Gasteiger partial charge in [-0.3, -0.25) is 9.59 Å². The van der Waals surface area contributed by atoms with E-state index in [2.05, 4.69) is 6.92 Å². The minimum Gasteiger partial charge on any atom is -0.477 e. The molecule has 1 amide bonds. The van der Waals surface area contributed by atoms with Crippen LogP contribution in [0.25, 0.3) is 32.9 Å². The molecule has 3 heterocycles. The number of rotatable bonds is 5. The first kappa shape index (κ1) is 28.8. The Bertz CT molecular complexity index is 1790. The van der Waals surface area contributed by atoms with Crippen molar-refractivity contribution in [1.29, 1.82) is 0 Å². The zero-order valence-corrected chi connectivity index (χ0v) is 25.2. The van der Waals surface area contributed by atoms with Crippen LogP contribution in [0, 0.1) is 11.8 Å². The number of thiophene rings is 1. The lowest BCUT2D eigenvalue weighted by Gasteiger charge is -2.39. The summed E-state index contributed by atoms with van der Waals surface area (Å²) in [4.78, 5) is 47.0. The number of anilines is 1. The fourth-order valence-electron chi connectivity index (χ4n) is 7.13. The second-order valence-corrected chi connectivity index (χ2v) is 13.6. The number of imidazole rings is 1. The number of aromatic carboxylic acids is 1. The molecule has 44 heavy (non-hydrogen) atoms. The molecule has 0 atom stereocenters. The molecule has 0 saturated heterocycles. The average molecular weight is 618 g/mol. The van der Waals surface area contributed by atoms with Gasteiger partial charge in [0, 0.05) is 40.8 Å². The number of alkyl halides is 2. The second-order valence-electron chi connectivity index (χ2n) is 12.6. The summed E-state index contributed by atoms with van der Waals surface area (Å²) in [6.07, 6.45) is 2.78. The summed E-state index contributed by atoms with van der Waals surface area (Å²) in [7, 11) is 0. The van der Waals surface area contributed by atoms with E-state index >= 15 is 0 Å².